The first kappa shape index (κ1) is 19.2. The molecule has 7 heteroatoms. The van der Waals surface area contributed by atoms with Crippen molar-refractivity contribution in [2.24, 2.45) is 0 Å². The molecular weight excluding hydrogens is 348 g/mol. The third-order valence-electron chi connectivity index (χ3n) is 4.55. The highest BCUT2D eigenvalue weighted by atomic mass is 35.5. The predicted molar refractivity (Wildman–Crippen MR) is 95.9 cm³/mol. The van der Waals surface area contributed by atoms with Gasteiger partial charge in [0.15, 0.2) is 0 Å². The molecule has 2 rings (SSSR count). The number of hydrogen-bond acceptors (Lipinski definition) is 3. The van der Waals surface area contributed by atoms with E-state index in [4.69, 9.17) is 11.6 Å². The largest absolute Gasteiger partial charge is 0.336 e. The van der Waals surface area contributed by atoms with Crippen molar-refractivity contribution >= 4 is 27.5 Å². The molecule has 0 spiro atoms. The standard InChI is InChI=1S/C17H25ClN2O3S/c1-4-20(14-8-6-5-7-9-14)17(21)13-10-11-15(18)16(12-13)24(22,23)19(2)3/h10-12,14H,4-9H2,1-3H3. The molecule has 0 heterocycles. The van der Waals surface area contributed by atoms with Crippen molar-refractivity contribution < 1.29 is 13.2 Å². The fourth-order valence-corrected chi connectivity index (χ4v) is 4.55. The Labute approximate surface area is 149 Å². The lowest BCUT2D eigenvalue weighted by Crippen LogP contribution is -2.41. The van der Waals surface area contributed by atoms with Gasteiger partial charge in [0.1, 0.15) is 4.90 Å². The van der Waals surface area contributed by atoms with Crippen LogP contribution in [0.15, 0.2) is 23.1 Å². The second-order valence-corrected chi connectivity index (χ2v) is 8.84. The van der Waals surface area contributed by atoms with Gasteiger partial charge in [-0.05, 0) is 38.0 Å². The number of carbonyl (C=O) groups is 1. The molecule has 0 aliphatic heterocycles. The molecule has 0 N–H and O–H groups in total. The lowest BCUT2D eigenvalue weighted by Gasteiger charge is -2.33. The molecule has 0 saturated heterocycles. The average molecular weight is 373 g/mol. The van der Waals surface area contributed by atoms with Crippen LogP contribution in [-0.4, -0.2) is 50.2 Å². The molecule has 24 heavy (non-hydrogen) atoms. The molecule has 1 fully saturated rings. The maximum Gasteiger partial charge on any atom is 0.254 e. The fourth-order valence-electron chi connectivity index (χ4n) is 3.16. The highest BCUT2D eigenvalue weighted by Crippen LogP contribution is 2.27. The molecule has 1 saturated carbocycles. The Morgan fingerprint density at radius 2 is 1.83 bits per heavy atom. The van der Waals surface area contributed by atoms with E-state index in [0.717, 1.165) is 30.0 Å². The van der Waals surface area contributed by atoms with Gasteiger partial charge in [-0.3, -0.25) is 4.79 Å². The summed E-state index contributed by atoms with van der Waals surface area (Å²) in [5.74, 6) is -0.128. The fraction of sp³-hybridized carbons (Fsp3) is 0.588. The van der Waals surface area contributed by atoms with Crippen LogP contribution in [0.1, 0.15) is 49.4 Å². The molecule has 0 atom stereocenters. The minimum Gasteiger partial charge on any atom is -0.336 e. The van der Waals surface area contributed by atoms with E-state index in [9.17, 15) is 13.2 Å². The smallest absolute Gasteiger partial charge is 0.254 e. The number of nitrogens with zero attached hydrogens (tertiary/aromatic N) is 2. The third kappa shape index (κ3) is 3.92. The number of carbonyl (C=O) groups excluding carboxylic acids is 1. The molecule has 1 aromatic rings. The molecule has 1 aliphatic rings. The van der Waals surface area contributed by atoms with Gasteiger partial charge in [0.25, 0.3) is 5.91 Å². The first-order valence-corrected chi connectivity index (χ1v) is 10.1. The van der Waals surface area contributed by atoms with Crippen LogP contribution in [0.2, 0.25) is 5.02 Å². The first-order valence-electron chi connectivity index (χ1n) is 8.32. The van der Waals surface area contributed by atoms with Crippen LogP contribution in [0.4, 0.5) is 0 Å². The summed E-state index contributed by atoms with van der Waals surface area (Å²) in [5.41, 5.74) is 0.368. The van der Waals surface area contributed by atoms with Crippen molar-refractivity contribution in [1.29, 1.82) is 0 Å². The second-order valence-electron chi connectivity index (χ2n) is 6.32. The molecule has 0 aromatic heterocycles. The molecule has 0 radical (unpaired) electrons. The lowest BCUT2D eigenvalue weighted by atomic mass is 9.93. The van der Waals surface area contributed by atoms with Gasteiger partial charge in [0.05, 0.1) is 5.02 Å². The second kappa shape index (κ2) is 7.85. The van der Waals surface area contributed by atoms with Crippen LogP contribution in [-0.2, 0) is 10.0 Å². The molecule has 1 amide bonds. The van der Waals surface area contributed by atoms with E-state index in [1.54, 1.807) is 6.07 Å². The minimum atomic E-state index is -3.69. The maximum atomic E-state index is 12.9. The van der Waals surface area contributed by atoms with Gasteiger partial charge < -0.3 is 4.90 Å². The van der Waals surface area contributed by atoms with E-state index in [1.807, 2.05) is 11.8 Å². The quantitative estimate of drug-likeness (QED) is 0.796. The van der Waals surface area contributed by atoms with Crippen LogP contribution in [0.3, 0.4) is 0 Å². The van der Waals surface area contributed by atoms with Gasteiger partial charge in [-0.2, -0.15) is 0 Å². The number of halogens is 1. The Balaban J connectivity index is 2.35. The molecular formula is C17H25ClN2O3S. The number of rotatable bonds is 5. The summed E-state index contributed by atoms with van der Waals surface area (Å²) in [7, 11) is -0.800. The molecule has 1 aromatic carbocycles. The van der Waals surface area contributed by atoms with Crippen LogP contribution in [0.25, 0.3) is 0 Å². The third-order valence-corrected chi connectivity index (χ3v) is 6.85. The summed E-state index contributed by atoms with van der Waals surface area (Å²) < 4.78 is 25.9. The van der Waals surface area contributed by atoms with E-state index in [0.29, 0.717) is 12.1 Å². The summed E-state index contributed by atoms with van der Waals surface area (Å²) in [4.78, 5) is 14.7. The lowest BCUT2D eigenvalue weighted by molar-refractivity contribution is 0.0647. The van der Waals surface area contributed by atoms with Gasteiger partial charge in [0.2, 0.25) is 10.0 Å². The number of amides is 1. The zero-order chi connectivity index (χ0) is 17.9. The molecule has 134 valence electrons. The van der Waals surface area contributed by atoms with Crippen molar-refractivity contribution in [3.05, 3.63) is 28.8 Å². The van der Waals surface area contributed by atoms with E-state index in [1.165, 1.54) is 32.6 Å². The van der Waals surface area contributed by atoms with Crippen LogP contribution in [0, 0.1) is 0 Å². The molecule has 0 unspecified atom stereocenters. The SMILES string of the molecule is CCN(C(=O)c1ccc(Cl)c(S(=O)(=O)N(C)C)c1)C1CCCCC1. The van der Waals surface area contributed by atoms with Crippen LogP contribution in [0.5, 0.6) is 0 Å². The van der Waals surface area contributed by atoms with Crippen molar-refractivity contribution in [2.75, 3.05) is 20.6 Å². The monoisotopic (exact) mass is 372 g/mol. The molecule has 0 bridgehead atoms. The van der Waals surface area contributed by atoms with E-state index < -0.39 is 10.0 Å². The van der Waals surface area contributed by atoms with Crippen molar-refractivity contribution in [2.45, 2.75) is 50.0 Å². The summed E-state index contributed by atoms with van der Waals surface area (Å²) in [6.45, 7) is 2.57. The van der Waals surface area contributed by atoms with E-state index in [2.05, 4.69) is 0 Å². The van der Waals surface area contributed by atoms with Crippen molar-refractivity contribution in [3.8, 4) is 0 Å². The highest BCUT2D eigenvalue weighted by Gasteiger charge is 2.27. The normalized spacial score (nSPS) is 16.4. The Morgan fingerprint density at radius 1 is 1.21 bits per heavy atom. The summed E-state index contributed by atoms with van der Waals surface area (Å²) in [5, 5.41) is 0.126. The maximum absolute atomic E-state index is 12.9. The van der Waals surface area contributed by atoms with Crippen molar-refractivity contribution in [1.82, 2.24) is 9.21 Å². The Bertz CT molecular complexity index is 698. The van der Waals surface area contributed by atoms with Crippen LogP contribution >= 0.6 is 11.6 Å². The molecule has 5 nitrogen and oxygen atoms in total. The van der Waals surface area contributed by atoms with Gasteiger partial charge in [-0.1, -0.05) is 30.9 Å². The van der Waals surface area contributed by atoms with Gasteiger partial charge in [-0.15, -0.1) is 0 Å². The summed E-state index contributed by atoms with van der Waals surface area (Å²) in [6.07, 6.45) is 5.51. The first-order chi connectivity index (χ1) is 11.3. The summed E-state index contributed by atoms with van der Waals surface area (Å²) >= 11 is 6.06. The zero-order valence-electron chi connectivity index (χ0n) is 14.5. The van der Waals surface area contributed by atoms with Gasteiger partial charge in [0, 0.05) is 32.2 Å². The molecule has 1 aliphatic carbocycles. The number of hydrogen-bond donors (Lipinski definition) is 0. The zero-order valence-corrected chi connectivity index (χ0v) is 16.0. The Morgan fingerprint density at radius 3 is 2.38 bits per heavy atom. The Kier molecular flexibility index (Phi) is 6.28. The van der Waals surface area contributed by atoms with Gasteiger partial charge in [-0.25, -0.2) is 12.7 Å². The number of sulfonamides is 1. The summed E-state index contributed by atoms with van der Waals surface area (Å²) in [6, 6.07) is 4.72. The topological polar surface area (TPSA) is 57.7 Å². The minimum absolute atomic E-state index is 0.0280. The number of benzene rings is 1. The van der Waals surface area contributed by atoms with Crippen LogP contribution < -0.4 is 0 Å². The Hall–Kier alpha value is -1.11. The average Bonchev–Trinajstić information content (AvgIpc) is 2.56. The predicted octanol–water partition coefficient (Wildman–Crippen LogP) is 3.39. The van der Waals surface area contributed by atoms with Crippen molar-refractivity contribution in [3.63, 3.8) is 0 Å². The highest BCUT2D eigenvalue weighted by molar-refractivity contribution is 7.89. The van der Waals surface area contributed by atoms with Gasteiger partial charge >= 0.3 is 0 Å². The van der Waals surface area contributed by atoms with E-state index >= 15 is 0 Å². The van der Waals surface area contributed by atoms with E-state index in [-0.39, 0.29) is 21.9 Å².